The minimum atomic E-state index is -4.49. The highest BCUT2D eigenvalue weighted by Gasteiger charge is 2.31. The lowest BCUT2D eigenvalue weighted by Crippen LogP contribution is -2.37. The topological polar surface area (TPSA) is 63.7 Å². The van der Waals surface area contributed by atoms with Crippen LogP contribution in [0.25, 0.3) is 0 Å². The third-order valence-corrected chi connectivity index (χ3v) is 5.62. The first-order valence-electron chi connectivity index (χ1n) is 6.66. The molecule has 0 aliphatic heterocycles. The van der Waals surface area contributed by atoms with E-state index in [-0.39, 0.29) is 10.0 Å². The maximum absolute atomic E-state index is 14.1. The average Bonchev–Trinajstić information content (AvgIpc) is 2.55. The number of halogens is 4. The Kier molecular flexibility index (Phi) is 5.87. The standard InChI is InChI=1S/C15H11Cl2F2NO4S/c1-24-15(21)8-20(13-5-3-10(18)7-12(13)19)25(22,23)14-6-9(16)2-4-11(14)17/h2-7H,8H2,1H3. The minimum Gasteiger partial charge on any atom is -0.468 e. The number of anilines is 1. The number of nitrogens with zero attached hydrogens (tertiary/aromatic N) is 1. The van der Waals surface area contributed by atoms with Gasteiger partial charge in [0.25, 0.3) is 10.0 Å². The normalized spacial score (nSPS) is 11.2. The van der Waals surface area contributed by atoms with E-state index in [1.165, 1.54) is 12.1 Å². The molecule has 10 heteroatoms. The van der Waals surface area contributed by atoms with Crippen LogP contribution in [0.15, 0.2) is 41.3 Å². The Morgan fingerprint density at radius 1 is 1.16 bits per heavy atom. The van der Waals surface area contributed by atoms with Gasteiger partial charge in [-0.15, -0.1) is 0 Å². The van der Waals surface area contributed by atoms with E-state index in [0.717, 1.165) is 25.3 Å². The van der Waals surface area contributed by atoms with Gasteiger partial charge in [-0.3, -0.25) is 9.10 Å². The predicted molar refractivity (Wildman–Crippen MR) is 89.4 cm³/mol. The summed E-state index contributed by atoms with van der Waals surface area (Å²) >= 11 is 11.7. The number of esters is 1. The molecule has 134 valence electrons. The lowest BCUT2D eigenvalue weighted by molar-refractivity contribution is -0.138. The van der Waals surface area contributed by atoms with Gasteiger partial charge in [-0.1, -0.05) is 23.2 Å². The highest BCUT2D eigenvalue weighted by atomic mass is 35.5. The number of rotatable bonds is 5. The molecule has 2 rings (SSSR count). The molecule has 0 heterocycles. The Labute approximate surface area is 152 Å². The number of ether oxygens (including phenoxy) is 1. The number of methoxy groups -OCH3 is 1. The van der Waals surface area contributed by atoms with E-state index in [1.807, 2.05) is 0 Å². The second-order valence-electron chi connectivity index (χ2n) is 4.76. The lowest BCUT2D eigenvalue weighted by Gasteiger charge is -2.24. The molecule has 5 nitrogen and oxygen atoms in total. The van der Waals surface area contributed by atoms with Gasteiger partial charge in [-0.2, -0.15) is 0 Å². The van der Waals surface area contributed by atoms with Crippen LogP contribution in [0.5, 0.6) is 0 Å². The second kappa shape index (κ2) is 7.55. The molecule has 2 aromatic rings. The van der Waals surface area contributed by atoms with E-state index in [4.69, 9.17) is 23.2 Å². The molecule has 0 atom stereocenters. The summed E-state index contributed by atoms with van der Waals surface area (Å²) in [4.78, 5) is 11.2. The number of hydrogen-bond donors (Lipinski definition) is 0. The number of benzene rings is 2. The van der Waals surface area contributed by atoms with Crippen molar-refractivity contribution in [2.24, 2.45) is 0 Å². The summed E-state index contributed by atoms with van der Waals surface area (Å²) in [5.41, 5.74) is -0.539. The zero-order valence-corrected chi connectivity index (χ0v) is 15.0. The van der Waals surface area contributed by atoms with Gasteiger partial charge in [-0.25, -0.2) is 17.2 Å². The van der Waals surface area contributed by atoms with Crippen molar-refractivity contribution >= 4 is 44.9 Å². The summed E-state index contributed by atoms with van der Waals surface area (Å²) in [6, 6.07) is 5.92. The summed E-state index contributed by atoms with van der Waals surface area (Å²) in [5, 5.41) is -0.109. The number of hydrogen-bond acceptors (Lipinski definition) is 4. The molecule has 0 aliphatic rings. The van der Waals surface area contributed by atoms with Crippen molar-refractivity contribution in [1.29, 1.82) is 0 Å². The molecule has 0 radical (unpaired) electrons. The Bertz CT molecular complexity index is 922. The average molecular weight is 410 g/mol. The van der Waals surface area contributed by atoms with Crippen LogP contribution in [0.1, 0.15) is 0 Å². The van der Waals surface area contributed by atoms with Crippen LogP contribution < -0.4 is 4.31 Å². The quantitative estimate of drug-likeness (QED) is 0.707. The fourth-order valence-electron chi connectivity index (χ4n) is 1.96. The molecule has 25 heavy (non-hydrogen) atoms. The molecule has 0 amide bonds. The summed E-state index contributed by atoms with van der Waals surface area (Å²) < 4.78 is 58.0. The Balaban J connectivity index is 2.65. The predicted octanol–water partition coefficient (Wildman–Crippen LogP) is 3.64. The van der Waals surface area contributed by atoms with E-state index < -0.39 is 44.8 Å². The Hall–Kier alpha value is -1.90. The molecule has 0 bridgehead atoms. The summed E-state index contributed by atoms with van der Waals surface area (Å²) in [6.07, 6.45) is 0. The molecule has 2 aromatic carbocycles. The second-order valence-corrected chi connectivity index (χ2v) is 7.43. The first-order valence-corrected chi connectivity index (χ1v) is 8.86. The zero-order valence-electron chi connectivity index (χ0n) is 12.7. The summed E-state index contributed by atoms with van der Waals surface area (Å²) in [5.74, 6) is -3.03. The molecule has 0 fully saturated rings. The smallest absolute Gasteiger partial charge is 0.326 e. The first-order chi connectivity index (χ1) is 11.7. The molecule has 0 spiro atoms. The van der Waals surface area contributed by atoms with Gasteiger partial charge in [0.1, 0.15) is 23.1 Å². The highest BCUT2D eigenvalue weighted by Crippen LogP contribution is 2.32. The number of sulfonamides is 1. The largest absolute Gasteiger partial charge is 0.468 e. The van der Waals surface area contributed by atoms with Gasteiger partial charge < -0.3 is 4.74 Å². The van der Waals surface area contributed by atoms with Crippen molar-refractivity contribution < 1.29 is 26.7 Å². The van der Waals surface area contributed by atoms with Crippen LogP contribution in [-0.4, -0.2) is 28.0 Å². The van der Waals surface area contributed by atoms with Crippen molar-refractivity contribution in [3.05, 3.63) is 58.1 Å². The van der Waals surface area contributed by atoms with Crippen molar-refractivity contribution in [1.82, 2.24) is 0 Å². The summed E-state index contributed by atoms with van der Waals surface area (Å²) in [7, 11) is -3.45. The lowest BCUT2D eigenvalue weighted by atomic mass is 10.3. The van der Waals surface area contributed by atoms with Crippen molar-refractivity contribution in [2.45, 2.75) is 4.90 Å². The third kappa shape index (κ3) is 4.20. The van der Waals surface area contributed by atoms with E-state index in [0.29, 0.717) is 10.4 Å². The number of carbonyl (C=O) groups is 1. The van der Waals surface area contributed by atoms with E-state index in [9.17, 15) is 22.0 Å². The van der Waals surface area contributed by atoms with Crippen LogP contribution in [0.4, 0.5) is 14.5 Å². The Morgan fingerprint density at radius 2 is 1.84 bits per heavy atom. The van der Waals surface area contributed by atoms with Crippen LogP contribution in [0.2, 0.25) is 10.0 Å². The van der Waals surface area contributed by atoms with Gasteiger partial charge in [0.05, 0.1) is 17.8 Å². The SMILES string of the molecule is COC(=O)CN(c1ccc(F)cc1F)S(=O)(=O)c1cc(Cl)ccc1Cl. The molecule has 0 unspecified atom stereocenters. The molecule has 0 aliphatic carbocycles. The first kappa shape index (κ1) is 19.4. The van der Waals surface area contributed by atoms with Crippen LogP contribution in [0.3, 0.4) is 0 Å². The van der Waals surface area contributed by atoms with Crippen LogP contribution in [0, 0.1) is 11.6 Å². The molecule has 0 saturated heterocycles. The maximum atomic E-state index is 14.1. The molecular formula is C15H11Cl2F2NO4S. The minimum absolute atomic E-state index is 0.0700. The van der Waals surface area contributed by atoms with Crippen molar-refractivity contribution in [3.63, 3.8) is 0 Å². The zero-order chi connectivity index (χ0) is 18.8. The van der Waals surface area contributed by atoms with Gasteiger partial charge in [-0.05, 0) is 30.3 Å². The van der Waals surface area contributed by atoms with Gasteiger partial charge in [0.2, 0.25) is 0 Å². The molecule has 0 N–H and O–H groups in total. The van der Waals surface area contributed by atoms with E-state index in [2.05, 4.69) is 4.74 Å². The van der Waals surface area contributed by atoms with Gasteiger partial charge >= 0.3 is 5.97 Å². The van der Waals surface area contributed by atoms with Crippen molar-refractivity contribution in [3.8, 4) is 0 Å². The van der Waals surface area contributed by atoms with Crippen molar-refractivity contribution in [2.75, 3.05) is 18.0 Å². The van der Waals surface area contributed by atoms with Crippen LogP contribution >= 0.6 is 23.2 Å². The molecule has 0 aromatic heterocycles. The highest BCUT2D eigenvalue weighted by molar-refractivity contribution is 7.93. The van der Waals surface area contributed by atoms with E-state index >= 15 is 0 Å². The van der Waals surface area contributed by atoms with Crippen LogP contribution in [-0.2, 0) is 19.6 Å². The van der Waals surface area contributed by atoms with Gasteiger partial charge in [0.15, 0.2) is 0 Å². The molecular weight excluding hydrogens is 399 g/mol. The Morgan fingerprint density at radius 3 is 2.44 bits per heavy atom. The third-order valence-electron chi connectivity index (χ3n) is 3.14. The fourth-order valence-corrected chi connectivity index (χ4v) is 4.12. The van der Waals surface area contributed by atoms with Gasteiger partial charge in [0, 0.05) is 11.1 Å². The number of carbonyl (C=O) groups excluding carboxylic acids is 1. The fraction of sp³-hybridized carbons (Fsp3) is 0.133. The molecule has 0 saturated carbocycles. The monoisotopic (exact) mass is 409 g/mol. The maximum Gasteiger partial charge on any atom is 0.326 e. The van der Waals surface area contributed by atoms with E-state index in [1.54, 1.807) is 0 Å². The summed E-state index contributed by atoms with van der Waals surface area (Å²) in [6.45, 7) is -0.843.